The molecule has 0 saturated heterocycles. The zero-order valence-electron chi connectivity index (χ0n) is 17.9. The first-order chi connectivity index (χ1) is 14.7. The third-order valence-electron chi connectivity index (χ3n) is 5.31. The topological polar surface area (TPSA) is 120 Å². The minimum absolute atomic E-state index is 0. The molecule has 0 aliphatic carbocycles. The van der Waals surface area contributed by atoms with Gasteiger partial charge >= 0.3 is 0 Å². The molecule has 2 aromatic rings. The number of nitrogens with one attached hydrogen (secondary N) is 2. The first-order valence-corrected chi connectivity index (χ1v) is 10.9. The number of nitrogen functional groups attached to an aromatic ring is 1. The van der Waals surface area contributed by atoms with Gasteiger partial charge in [0.15, 0.2) is 0 Å². The molecule has 1 aliphatic rings. The lowest BCUT2D eigenvalue weighted by Gasteiger charge is -2.30. The Kier molecular flexibility index (Phi) is 6.74. The fourth-order valence-corrected chi connectivity index (χ4v) is 4.67. The van der Waals surface area contributed by atoms with Crippen molar-refractivity contribution in [1.82, 2.24) is 15.1 Å². The summed E-state index contributed by atoms with van der Waals surface area (Å²) in [4.78, 5) is 43.1. The summed E-state index contributed by atoms with van der Waals surface area (Å²) >= 11 is 1.48. The number of nitrogens with zero attached hydrogens (tertiary/aromatic N) is 2. The van der Waals surface area contributed by atoms with Crippen molar-refractivity contribution in [3.8, 4) is 0 Å². The first-order valence-electron chi connectivity index (χ1n) is 10.1. The molecule has 1 aliphatic heterocycles. The second-order valence-electron chi connectivity index (χ2n) is 7.69. The quantitative estimate of drug-likeness (QED) is 0.468. The molecule has 0 radical (unpaired) electrons. The number of rotatable bonds is 6. The van der Waals surface area contributed by atoms with Crippen molar-refractivity contribution < 1.29 is 17.2 Å². The zero-order valence-corrected chi connectivity index (χ0v) is 18.7. The Hall–Kier alpha value is -3.20. The van der Waals surface area contributed by atoms with Crippen LogP contribution in [0.15, 0.2) is 24.3 Å². The van der Waals surface area contributed by atoms with Crippen molar-refractivity contribution in [3.63, 3.8) is 0 Å². The Labute approximate surface area is 188 Å². The van der Waals surface area contributed by atoms with Gasteiger partial charge in [-0.05, 0) is 42.7 Å². The molecule has 3 rings (SSSR count). The molecule has 168 valence electrons. The average molecular weight is 446 g/mol. The second-order valence-corrected chi connectivity index (χ2v) is 8.83. The van der Waals surface area contributed by atoms with Crippen molar-refractivity contribution in [1.29, 1.82) is 5.41 Å². The van der Waals surface area contributed by atoms with E-state index in [1.165, 1.54) is 17.4 Å². The van der Waals surface area contributed by atoms with E-state index in [0.717, 1.165) is 16.7 Å². The molecule has 2 heterocycles. The van der Waals surface area contributed by atoms with Gasteiger partial charge in [-0.15, -0.1) is 11.3 Å². The molecule has 1 aromatic heterocycles. The zero-order chi connectivity index (χ0) is 22.7. The highest BCUT2D eigenvalue weighted by molar-refractivity contribution is 7.14. The van der Waals surface area contributed by atoms with Crippen molar-refractivity contribution >= 4 is 41.0 Å². The van der Waals surface area contributed by atoms with Crippen LogP contribution in [0.4, 0.5) is 5.69 Å². The van der Waals surface area contributed by atoms with E-state index >= 15 is 0 Å². The van der Waals surface area contributed by atoms with Crippen LogP contribution in [-0.2, 0) is 17.8 Å². The summed E-state index contributed by atoms with van der Waals surface area (Å²) < 4.78 is 0. The van der Waals surface area contributed by atoms with Gasteiger partial charge in [0, 0.05) is 57.9 Å². The highest BCUT2D eigenvalue weighted by Gasteiger charge is 2.29. The van der Waals surface area contributed by atoms with E-state index in [9.17, 15) is 14.4 Å². The fourth-order valence-electron chi connectivity index (χ4n) is 3.49. The van der Waals surface area contributed by atoms with Crippen LogP contribution in [0.3, 0.4) is 0 Å². The summed E-state index contributed by atoms with van der Waals surface area (Å²) in [5.41, 5.74) is 8.00. The van der Waals surface area contributed by atoms with Gasteiger partial charge in [-0.3, -0.25) is 14.4 Å². The fraction of sp³-hybridized carbons (Fsp3) is 0.364. The molecule has 9 heteroatoms. The van der Waals surface area contributed by atoms with Crippen LogP contribution in [0.1, 0.15) is 52.2 Å². The summed E-state index contributed by atoms with van der Waals surface area (Å²) in [7, 11) is 3.44. The number of carbonyl (C=O) groups excluding carboxylic acids is 3. The van der Waals surface area contributed by atoms with Gasteiger partial charge < -0.3 is 26.3 Å². The molecule has 0 bridgehead atoms. The molecule has 0 fully saturated rings. The van der Waals surface area contributed by atoms with Crippen LogP contribution in [-0.4, -0.2) is 60.4 Å². The number of benzene rings is 1. The average Bonchev–Trinajstić information content (AvgIpc) is 3.19. The molecular formula is C22H31N5O3S. The van der Waals surface area contributed by atoms with Crippen LogP contribution < -0.4 is 11.1 Å². The predicted molar refractivity (Wildman–Crippen MR) is 126 cm³/mol. The molecule has 0 saturated carbocycles. The summed E-state index contributed by atoms with van der Waals surface area (Å²) in [6.45, 7) is 2.83. The molecule has 1 aromatic carbocycles. The van der Waals surface area contributed by atoms with Crippen LogP contribution in [0.25, 0.3) is 0 Å². The molecular weight excluding hydrogens is 414 g/mol. The molecule has 1 atom stereocenters. The lowest BCUT2D eigenvalue weighted by Crippen LogP contribution is -2.49. The molecule has 3 amide bonds. The second kappa shape index (κ2) is 9.30. The summed E-state index contributed by atoms with van der Waals surface area (Å²) in [6.07, 6.45) is 2.24. The number of thiophene rings is 1. The third kappa shape index (κ3) is 4.77. The van der Waals surface area contributed by atoms with Gasteiger partial charge in [0.1, 0.15) is 6.04 Å². The van der Waals surface area contributed by atoms with Crippen molar-refractivity contribution in [2.75, 3.05) is 26.4 Å². The maximum Gasteiger partial charge on any atom is 0.263 e. The maximum absolute atomic E-state index is 13.1. The molecule has 4 N–H and O–H groups in total. The number of amides is 3. The number of carbonyl (C=O) groups is 3. The minimum atomic E-state index is -0.656. The number of anilines is 1. The normalized spacial score (nSPS) is 13.8. The van der Waals surface area contributed by atoms with Gasteiger partial charge in [-0.2, -0.15) is 0 Å². The van der Waals surface area contributed by atoms with Crippen molar-refractivity contribution in [2.45, 2.75) is 32.4 Å². The van der Waals surface area contributed by atoms with E-state index < -0.39 is 6.04 Å². The van der Waals surface area contributed by atoms with Crippen LogP contribution >= 0.6 is 11.3 Å². The predicted octanol–water partition coefficient (Wildman–Crippen LogP) is 2.62. The Bertz CT molecular complexity index is 1040. The smallest absolute Gasteiger partial charge is 0.263 e. The lowest BCUT2D eigenvalue weighted by atomic mass is 10.1. The summed E-state index contributed by atoms with van der Waals surface area (Å²) in [6, 6.07) is 5.91. The third-order valence-corrected chi connectivity index (χ3v) is 6.54. The number of nitrogens with two attached hydrogens (primary N) is 1. The molecule has 0 unspecified atom stereocenters. The van der Waals surface area contributed by atoms with E-state index in [1.54, 1.807) is 36.0 Å². The Morgan fingerprint density at radius 3 is 2.74 bits per heavy atom. The van der Waals surface area contributed by atoms with Crippen LogP contribution in [0.2, 0.25) is 0 Å². The summed E-state index contributed by atoms with van der Waals surface area (Å²) in [5.74, 6) is -0.560. The van der Waals surface area contributed by atoms with Crippen molar-refractivity contribution in [3.05, 3.63) is 50.7 Å². The van der Waals surface area contributed by atoms with E-state index in [4.69, 9.17) is 11.1 Å². The van der Waals surface area contributed by atoms with E-state index in [1.807, 2.05) is 13.0 Å². The Balaban J connectivity index is 0.00000272. The van der Waals surface area contributed by atoms with Crippen molar-refractivity contribution in [2.24, 2.45) is 0 Å². The van der Waals surface area contributed by atoms with Crippen LogP contribution in [0.5, 0.6) is 0 Å². The van der Waals surface area contributed by atoms with Gasteiger partial charge in [0.25, 0.3) is 11.8 Å². The Morgan fingerprint density at radius 2 is 2.10 bits per heavy atom. The Morgan fingerprint density at radius 1 is 1.35 bits per heavy atom. The molecule has 8 nitrogen and oxygen atoms in total. The minimum Gasteiger partial charge on any atom is -0.398 e. The van der Waals surface area contributed by atoms with Gasteiger partial charge in [-0.25, -0.2) is 0 Å². The summed E-state index contributed by atoms with van der Waals surface area (Å²) in [5, 5.41) is 10.2. The number of fused-ring (bicyclic) bond motifs is 1. The van der Waals surface area contributed by atoms with E-state index in [0.29, 0.717) is 47.6 Å². The highest BCUT2D eigenvalue weighted by atomic mass is 32.1. The van der Waals surface area contributed by atoms with E-state index in [2.05, 4.69) is 5.32 Å². The number of hydrogen-bond donors (Lipinski definition) is 3. The van der Waals surface area contributed by atoms with Crippen LogP contribution in [0, 0.1) is 5.41 Å². The maximum atomic E-state index is 13.1. The van der Waals surface area contributed by atoms with Gasteiger partial charge in [-0.1, -0.05) is 6.92 Å². The van der Waals surface area contributed by atoms with Gasteiger partial charge in [0.05, 0.1) is 4.88 Å². The largest absolute Gasteiger partial charge is 0.398 e. The lowest BCUT2D eigenvalue weighted by molar-refractivity contribution is -0.134. The highest BCUT2D eigenvalue weighted by Crippen LogP contribution is 2.29. The standard InChI is InChI=1S/C22H27N5O3S.2H2/c1-4-17(25-20(28)13-5-6-16(24)14(9-13)11-23)21(29)27-8-7-18-15(12-27)10-19(31-18)22(30)26(2)3;;/h5-6,9-11,17,23H,4,7-8,12,24H2,1-3H3,(H,25,28);2*1H/t17-;;/m1../s1. The number of hydrogen-bond acceptors (Lipinski definition) is 6. The van der Waals surface area contributed by atoms with Gasteiger partial charge in [0.2, 0.25) is 5.91 Å². The van der Waals surface area contributed by atoms with E-state index in [-0.39, 0.29) is 20.6 Å². The molecule has 31 heavy (non-hydrogen) atoms. The SMILES string of the molecule is CC[C@@H](NC(=O)c1ccc(N)c(C=N)c1)C(=O)N1CCc2sc(C(=O)N(C)C)cc2C1.[HH].[HH]. The monoisotopic (exact) mass is 445 g/mol. The molecule has 0 spiro atoms. The first kappa shape index (κ1) is 22.5.